The zero-order valence-electron chi connectivity index (χ0n) is 13.7. The second kappa shape index (κ2) is 7.47. The van der Waals surface area contributed by atoms with Crippen molar-refractivity contribution in [3.05, 3.63) is 45.7 Å². The van der Waals surface area contributed by atoms with Crippen LogP contribution in [0.2, 0.25) is 0 Å². The summed E-state index contributed by atoms with van der Waals surface area (Å²) in [4.78, 5) is 12.1. The minimum Gasteiger partial charge on any atom is -0.350 e. The maximum Gasteiger partial charge on any atom is 0.251 e. The van der Waals surface area contributed by atoms with Gasteiger partial charge in [0.2, 0.25) is 0 Å². The number of halogens is 2. The highest BCUT2D eigenvalue weighted by Gasteiger charge is 2.14. The molecular weight excluding hydrogens is 380 g/mol. The van der Waals surface area contributed by atoms with Crippen LogP contribution in [0.4, 0.5) is 0 Å². The number of hydrogen-bond acceptors (Lipinski definition) is 3. The Balaban J connectivity index is 0.00000264. The summed E-state index contributed by atoms with van der Waals surface area (Å²) in [5.74, 6) is -0.125. The van der Waals surface area contributed by atoms with E-state index in [1.807, 2.05) is 44.5 Å². The van der Waals surface area contributed by atoms with E-state index in [1.54, 1.807) is 12.1 Å². The molecule has 0 saturated heterocycles. The van der Waals surface area contributed by atoms with Crippen LogP contribution >= 0.6 is 28.3 Å². The third-order valence-corrected chi connectivity index (χ3v) is 4.43. The number of carbonyl (C=O) groups is 1. The van der Waals surface area contributed by atoms with E-state index in [4.69, 9.17) is 5.73 Å². The quantitative estimate of drug-likeness (QED) is 0.826. The molecule has 0 unspecified atom stereocenters. The lowest BCUT2D eigenvalue weighted by Crippen LogP contribution is -2.45. The van der Waals surface area contributed by atoms with Crippen molar-refractivity contribution in [2.75, 3.05) is 6.54 Å². The van der Waals surface area contributed by atoms with Crippen molar-refractivity contribution in [3.63, 3.8) is 0 Å². The normalized spacial score (nSPS) is 11.0. The Morgan fingerprint density at radius 2 is 1.87 bits per heavy atom. The van der Waals surface area contributed by atoms with E-state index < -0.39 is 5.54 Å². The third-order valence-electron chi connectivity index (χ3n) is 3.28. The van der Waals surface area contributed by atoms with Gasteiger partial charge >= 0.3 is 0 Å². The molecule has 1 aromatic carbocycles. The second-order valence-corrected chi connectivity index (χ2v) is 6.91. The highest BCUT2D eigenvalue weighted by Crippen LogP contribution is 2.23. The molecule has 0 fully saturated rings. The lowest BCUT2D eigenvalue weighted by atomic mass is 10.1. The van der Waals surface area contributed by atoms with E-state index in [9.17, 15) is 4.79 Å². The molecule has 3 N–H and O–H groups in total. The maximum atomic E-state index is 12.1. The smallest absolute Gasteiger partial charge is 0.251 e. The minimum absolute atomic E-state index is 0. The van der Waals surface area contributed by atoms with Gasteiger partial charge in [-0.15, -0.1) is 12.4 Å². The molecule has 0 aliphatic carbocycles. The van der Waals surface area contributed by atoms with E-state index in [1.165, 1.54) is 0 Å². The van der Waals surface area contributed by atoms with E-state index >= 15 is 0 Å². The molecule has 0 saturated carbocycles. The molecule has 0 aliphatic heterocycles. The number of nitrogens with one attached hydrogen (secondary N) is 1. The fraction of sp³-hybridized carbons (Fsp3) is 0.375. The first-order chi connectivity index (χ1) is 10.2. The SMILES string of the molecule is Cc1nn(-c2ccc(C(=O)NCC(C)(C)N)cc2)c(C)c1Br.Cl. The maximum absolute atomic E-state index is 12.1. The van der Waals surface area contributed by atoms with Gasteiger partial charge in [-0.25, -0.2) is 4.68 Å². The summed E-state index contributed by atoms with van der Waals surface area (Å²) in [7, 11) is 0. The summed E-state index contributed by atoms with van der Waals surface area (Å²) >= 11 is 3.51. The van der Waals surface area contributed by atoms with Crippen molar-refractivity contribution in [2.45, 2.75) is 33.2 Å². The fourth-order valence-corrected chi connectivity index (χ4v) is 2.29. The Kier molecular flexibility index (Phi) is 6.39. The number of rotatable bonds is 4. The van der Waals surface area contributed by atoms with Gasteiger partial charge < -0.3 is 11.1 Å². The first kappa shape index (κ1) is 19.7. The lowest BCUT2D eigenvalue weighted by molar-refractivity contribution is 0.0946. The van der Waals surface area contributed by atoms with Gasteiger partial charge in [0.25, 0.3) is 5.91 Å². The van der Waals surface area contributed by atoms with Crippen molar-refractivity contribution in [2.24, 2.45) is 5.73 Å². The molecule has 1 aromatic heterocycles. The van der Waals surface area contributed by atoms with Gasteiger partial charge in [-0.3, -0.25) is 4.79 Å². The number of hydrogen-bond donors (Lipinski definition) is 2. The monoisotopic (exact) mass is 400 g/mol. The molecular formula is C16H22BrClN4O. The number of benzene rings is 1. The first-order valence-corrected chi connectivity index (χ1v) is 7.87. The van der Waals surface area contributed by atoms with Gasteiger partial charge in [-0.05, 0) is 67.9 Å². The number of carbonyl (C=O) groups excluding carboxylic acids is 1. The molecule has 5 nitrogen and oxygen atoms in total. The highest BCUT2D eigenvalue weighted by atomic mass is 79.9. The summed E-state index contributed by atoms with van der Waals surface area (Å²) in [5, 5.41) is 7.30. The number of nitrogens with two attached hydrogens (primary N) is 1. The van der Waals surface area contributed by atoms with Gasteiger partial charge in [0, 0.05) is 17.6 Å². The summed E-state index contributed by atoms with van der Waals surface area (Å²) in [5.41, 5.74) is 8.93. The molecule has 2 aromatic rings. The molecule has 2 rings (SSSR count). The number of aryl methyl sites for hydroxylation is 1. The molecule has 0 spiro atoms. The van der Waals surface area contributed by atoms with Gasteiger partial charge in [-0.1, -0.05) is 0 Å². The summed E-state index contributed by atoms with van der Waals surface area (Å²) in [6.07, 6.45) is 0. The largest absolute Gasteiger partial charge is 0.350 e. The lowest BCUT2D eigenvalue weighted by Gasteiger charge is -2.18. The van der Waals surface area contributed by atoms with Gasteiger partial charge in [-0.2, -0.15) is 5.10 Å². The Hall–Kier alpha value is -1.37. The third kappa shape index (κ3) is 4.80. The number of amides is 1. The van der Waals surface area contributed by atoms with Crippen LogP contribution in [0.5, 0.6) is 0 Å². The number of aromatic nitrogens is 2. The minimum atomic E-state index is -0.425. The standard InChI is InChI=1S/C16H21BrN4O.ClH/c1-10-14(17)11(2)21(20-10)13-7-5-12(6-8-13)15(22)19-9-16(3,4)18;/h5-8H,9,18H2,1-4H3,(H,19,22);1H. The van der Waals surface area contributed by atoms with Gasteiger partial charge in [0.05, 0.1) is 21.5 Å². The van der Waals surface area contributed by atoms with Crippen LogP contribution in [-0.2, 0) is 0 Å². The van der Waals surface area contributed by atoms with Crippen LogP contribution in [-0.4, -0.2) is 27.8 Å². The van der Waals surface area contributed by atoms with Crippen LogP contribution in [0.25, 0.3) is 5.69 Å². The van der Waals surface area contributed by atoms with E-state index in [2.05, 4.69) is 26.3 Å². The molecule has 23 heavy (non-hydrogen) atoms. The van der Waals surface area contributed by atoms with Gasteiger partial charge in [0.1, 0.15) is 0 Å². The topological polar surface area (TPSA) is 72.9 Å². The summed E-state index contributed by atoms with van der Waals surface area (Å²) in [6.45, 7) is 8.12. The summed E-state index contributed by atoms with van der Waals surface area (Å²) < 4.78 is 2.85. The molecule has 1 heterocycles. The molecule has 126 valence electrons. The van der Waals surface area contributed by atoms with E-state index in [-0.39, 0.29) is 18.3 Å². The van der Waals surface area contributed by atoms with E-state index in [0.717, 1.165) is 21.5 Å². The van der Waals surface area contributed by atoms with Crippen molar-refractivity contribution in [1.82, 2.24) is 15.1 Å². The van der Waals surface area contributed by atoms with Crippen LogP contribution in [0, 0.1) is 13.8 Å². The van der Waals surface area contributed by atoms with Crippen LogP contribution in [0.3, 0.4) is 0 Å². The zero-order valence-corrected chi connectivity index (χ0v) is 16.1. The Morgan fingerprint density at radius 1 is 1.30 bits per heavy atom. The van der Waals surface area contributed by atoms with Crippen LogP contribution in [0.1, 0.15) is 35.6 Å². The fourth-order valence-electron chi connectivity index (χ4n) is 2.04. The molecule has 1 amide bonds. The molecule has 0 radical (unpaired) electrons. The van der Waals surface area contributed by atoms with Crippen molar-refractivity contribution < 1.29 is 4.79 Å². The predicted octanol–water partition coefficient (Wildman–Crippen LogP) is 3.14. The summed E-state index contributed by atoms with van der Waals surface area (Å²) in [6, 6.07) is 7.35. The predicted molar refractivity (Wildman–Crippen MR) is 98.6 cm³/mol. The molecule has 0 bridgehead atoms. The average Bonchev–Trinajstić information content (AvgIpc) is 2.72. The molecule has 0 atom stereocenters. The first-order valence-electron chi connectivity index (χ1n) is 7.08. The van der Waals surface area contributed by atoms with Crippen molar-refractivity contribution >= 4 is 34.2 Å². The van der Waals surface area contributed by atoms with E-state index in [0.29, 0.717) is 12.1 Å². The van der Waals surface area contributed by atoms with Crippen molar-refractivity contribution in [3.8, 4) is 5.69 Å². The van der Waals surface area contributed by atoms with Crippen molar-refractivity contribution in [1.29, 1.82) is 0 Å². The molecule has 7 heteroatoms. The van der Waals surface area contributed by atoms with Gasteiger partial charge in [0.15, 0.2) is 0 Å². The average molecular weight is 402 g/mol. The highest BCUT2D eigenvalue weighted by molar-refractivity contribution is 9.10. The zero-order chi connectivity index (χ0) is 16.5. The Morgan fingerprint density at radius 3 is 2.30 bits per heavy atom. The number of nitrogens with zero attached hydrogens (tertiary/aromatic N) is 2. The second-order valence-electron chi connectivity index (χ2n) is 6.11. The Bertz CT molecular complexity index is 689. The molecule has 0 aliphatic rings. The van der Waals surface area contributed by atoms with Crippen LogP contribution < -0.4 is 11.1 Å². The Labute approximate surface area is 151 Å². The van der Waals surface area contributed by atoms with Crippen LogP contribution in [0.15, 0.2) is 28.7 Å².